The molecular weight excluding hydrogens is 562 g/mol. The van der Waals surface area contributed by atoms with Gasteiger partial charge in [0.15, 0.2) is 0 Å². The van der Waals surface area contributed by atoms with Gasteiger partial charge in [-0.15, -0.1) is 4.36 Å². The minimum Gasteiger partial charge on any atom is -0.490 e. The van der Waals surface area contributed by atoms with Crippen LogP contribution in [0, 0.1) is 11.8 Å². The van der Waals surface area contributed by atoms with Crippen molar-refractivity contribution in [1.82, 2.24) is 0 Å². The molecule has 2 aromatic rings. The van der Waals surface area contributed by atoms with Gasteiger partial charge in [0.2, 0.25) is 10.2 Å². The molecule has 2 N–H and O–H groups in total. The lowest BCUT2D eigenvalue weighted by atomic mass is 9.68. The van der Waals surface area contributed by atoms with Crippen molar-refractivity contribution in [2.24, 2.45) is 21.3 Å². The number of halogens is 1. The van der Waals surface area contributed by atoms with Crippen LogP contribution in [-0.2, 0) is 31.0 Å². The molecule has 0 saturated heterocycles. The van der Waals surface area contributed by atoms with E-state index in [9.17, 15) is 9.00 Å². The number of carbonyl (C=O) groups is 1. The molecule has 0 radical (unpaired) electrons. The second-order valence-electron chi connectivity index (χ2n) is 12.0. The first-order valence-electron chi connectivity index (χ1n) is 14.4. The summed E-state index contributed by atoms with van der Waals surface area (Å²) in [7, 11) is -1.93. The van der Waals surface area contributed by atoms with Gasteiger partial charge in [0.25, 0.3) is 5.91 Å². The lowest BCUT2D eigenvalue weighted by molar-refractivity contribution is 0.0131. The number of carbonyl (C=O) groups excluding carboxylic acids is 1. The number of fused-ring (bicyclic) bond motifs is 4. The third-order valence-corrected chi connectivity index (χ3v) is 10.5. The summed E-state index contributed by atoms with van der Waals surface area (Å²) in [5.74, 6) is 0.819. The van der Waals surface area contributed by atoms with Gasteiger partial charge in [-0.05, 0) is 98.7 Å². The molecule has 6 atom stereocenters. The number of anilines is 1. The number of nitrogens with zero attached hydrogens (tertiary/aromatic N) is 2. The van der Waals surface area contributed by atoms with Crippen molar-refractivity contribution >= 4 is 33.4 Å². The van der Waals surface area contributed by atoms with Gasteiger partial charge in [0, 0.05) is 36.2 Å². The highest BCUT2D eigenvalue weighted by molar-refractivity contribution is 7.87. The predicted molar refractivity (Wildman–Crippen MR) is 161 cm³/mol. The average molecular weight is 600 g/mol. The van der Waals surface area contributed by atoms with Crippen LogP contribution < -0.4 is 14.8 Å². The normalized spacial score (nSPS) is 34.3. The van der Waals surface area contributed by atoms with Crippen LogP contribution >= 0.6 is 11.6 Å². The van der Waals surface area contributed by atoms with E-state index in [1.807, 2.05) is 18.2 Å². The third-order valence-electron chi connectivity index (χ3n) is 9.22. The maximum Gasteiger partial charge on any atom is 0.287 e. The van der Waals surface area contributed by atoms with E-state index in [2.05, 4.69) is 27.5 Å². The third kappa shape index (κ3) is 5.79. The monoisotopic (exact) mass is 599 g/mol. The summed E-state index contributed by atoms with van der Waals surface area (Å²) in [6.45, 7) is 3.84. The average Bonchev–Trinajstić information content (AvgIpc) is 3.06. The van der Waals surface area contributed by atoms with Crippen LogP contribution in [0.3, 0.4) is 0 Å². The Morgan fingerprint density at radius 1 is 1.22 bits per heavy atom. The van der Waals surface area contributed by atoms with E-state index in [1.165, 1.54) is 11.1 Å². The van der Waals surface area contributed by atoms with E-state index in [0.29, 0.717) is 30.4 Å². The van der Waals surface area contributed by atoms with Gasteiger partial charge in [-0.3, -0.25) is 8.98 Å². The fraction of sp³-hybridized carbons (Fsp3) is 0.516. The Bertz CT molecular complexity index is 1490. The molecule has 2 aromatic carbocycles. The van der Waals surface area contributed by atoms with E-state index < -0.39 is 22.2 Å². The standard InChI is InChI=1S/C31H38ClN3O5S/c1-20-5-3-7-28(38-2)25-11-8-23(25)17-35-18-31(14-4-6-21-15-24(32)10-12-26(21)31)19-39-29-13-9-22(16-27(29)35)30(36)34-41(33,37)40-20/h3,7,9-10,12-13,15-16,20,23,25,28H,4-6,8,11,14,17-19H2,1-2H3,(H2,33,34,36,37)/b7-3-/t20-,23-,25+,28-,31-,41?/m0/s1. The van der Waals surface area contributed by atoms with Crippen molar-refractivity contribution in [2.75, 3.05) is 31.7 Å². The molecule has 41 heavy (non-hydrogen) atoms. The van der Waals surface area contributed by atoms with Crippen LogP contribution in [0.2, 0.25) is 5.02 Å². The SMILES string of the molecule is CO[C@H]1/C=C\C[C@H](C)OS(N)(=O)=NC(=O)c2ccc3c(c2)N(C[C@@H]2CC[C@H]21)C[C@@]1(CCCc2cc(Cl)ccc21)CO3. The van der Waals surface area contributed by atoms with Crippen LogP contribution in [0.1, 0.15) is 60.5 Å². The van der Waals surface area contributed by atoms with Gasteiger partial charge in [-0.1, -0.05) is 29.8 Å². The highest BCUT2D eigenvalue weighted by Crippen LogP contribution is 2.47. The Balaban J connectivity index is 1.44. The fourth-order valence-electron chi connectivity index (χ4n) is 7.05. The summed E-state index contributed by atoms with van der Waals surface area (Å²) >= 11 is 6.40. The molecule has 220 valence electrons. The summed E-state index contributed by atoms with van der Waals surface area (Å²) in [5, 5.41) is 6.62. The number of nitrogens with two attached hydrogens (primary N) is 1. The number of hydrogen-bond acceptors (Lipinski definition) is 6. The van der Waals surface area contributed by atoms with Crippen LogP contribution in [0.15, 0.2) is 52.9 Å². The fourth-order valence-corrected chi connectivity index (χ4v) is 8.17. The number of rotatable bonds is 1. The molecule has 8 nitrogen and oxygen atoms in total. The Morgan fingerprint density at radius 3 is 2.85 bits per heavy atom. The smallest absolute Gasteiger partial charge is 0.287 e. The van der Waals surface area contributed by atoms with Gasteiger partial charge >= 0.3 is 0 Å². The Morgan fingerprint density at radius 2 is 2.07 bits per heavy atom. The zero-order chi connectivity index (χ0) is 28.8. The molecule has 10 heteroatoms. The summed E-state index contributed by atoms with van der Waals surface area (Å²) < 4.78 is 34.7. The van der Waals surface area contributed by atoms with Gasteiger partial charge in [0.1, 0.15) is 5.75 Å². The van der Waals surface area contributed by atoms with Crippen molar-refractivity contribution in [3.63, 3.8) is 0 Å². The van der Waals surface area contributed by atoms with Crippen LogP contribution in [0.5, 0.6) is 5.75 Å². The van der Waals surface area contributed by atoms with E-state index >= 15 is 0 Å². The maximum absolute atomic E-state index is 13.2. The first-order chi connectivity index (χ1) is 19.7. The van der Waals surface area contributed by atoms with E-state index in [4.69, 9.17) is 30.4 Å². The second kappa shape index (κ2) is 11.3. The molecule has 1 spiro atoms. The maximum atomic E-state index is 13.2. The minimum atomic E-state index is -3.68. The molecule has 1 fully saturated rings. The Hall–Kier alpha value is -2.43. The van der Waals surface area contributed by atoms with Gasteiger partial charge in [0.05, 0.1) is 24.5 Å². The number of amides is 1. The van der Waals surface area contributed by atoms with Crippen molar-refractivity contribution in [2.45, 2.75) is 63.1 Å². The molecule has 2 heterocycles. The molecule has 1 unspecified atom stereocenters. The molecular formula is C31H38ClN3O5S. The zero-order valence-corrected chi connectivity index (χ0v) is 25.2. The highest BCUT2D eigenvalue weighted by atomic mass is 35.5. The van der Waals surface area contributed by atoms with Crippen molar-refractivity contribution < 1.29 is 22.7 Å². The Kier molecular flexibility index (Phi) is 7.93. The van der Waals surface area contributed by atoms with E-state index in [1.54, 1.807) is 26.2 Å². The van der Waals surface area contributed by atoms with E-state index in [-0.39, 0.29) is 11.5 Å². The molecule has 2 aliphatic carbocycles. The summed E-state index contributed by atoms with van der Waals surface area (Å²) in [6, 6.07) is 11.5. The first kappa shape index (κ1) is 28.7. The minimum absolute atomic E-state index is 0.0390. The van der Waals surface area contributed by atoms with Crippen LogP contribution in [0.4, 0.5) is 5.69 Å². The summed E-state index contributed by atoms with van der Waals surface area (Å²) in [4.78, 5) is 15.6. The molecule has 0 aromatic heterocycles. The molecule has 4 aliphatic rings. The lowest BCUT2D eigenvalue weighted by Crippen LogP contribution is -2.49. The van der Waals surface area contributed by atoms with Crippen LogP contribution in [-0.4, -0.2) is 49.1 Å². The molecule has 1 saturated carbocycles. The Labute approximate surface area is 247 Å². The highest BCUT2D eigenvalue weighted by Gasteiger charge is 2.44. The molecule has 6 rings (SSSR count). The summed E-state index contributed by atoms with van der Waals surface area (Å²) in [6.07, 6.45) is 9.24. The van der Waals surface area contributed by atoms with Gasteiger partial charge < -0.3 is 14.4 Å². The first-order valence-corrected chi connectivity index (χ1v) is 16.3. The number of aryl methyl sites for hydroxylation is 1. The zero-order valence-electron chi connectivity index (χ0n) is 23.6. The molecule has 2 aliphatic heterocycles. The number of benzene rings is 2. The largest absolute Gasteiger partial charge is 0.490 e. The quantitative estimate of drug-likeness (QED) is 0.427. The summed E-state index contributed by atoms with van der Waals surface area (Å²) in [5.41, 5.74) is 3.48. The number of ether oxygens (including phenoxy) is 2. The van der Waals surface area contributed by atoms with Crippen molar-refractivity contribution in [3.05, 3.63) is 70.3 Å². The van der Waals surface area contributed by atoms with Gasteiger partial charge in [-0.25, -0.2) is 9.35 Å². The van der Waals surface area contributed by atoms with Crippen molar-refractivity contribution in [1.29, 1.82) is 0 Å². The lowest BCUT2D eigenvalue weighted by Gasteiger charge is -2.46. The van der Waals surface area contributed by atoms with E-state index in [0.717, 1.165) is 61.7 Å². The van der Waals surface area contributed by atoms with Gasteiger partial charge in [-0.2, -0.15) is 0 Å². The predicted octanol–water partition coefficient (Wildman–Crippen LogP) is 5.62. The number of hydrogen-bond donors (Lipinski definition) is 1. The molecule has 2 bridgehead atoms. The molecule has 1 amide bonds. The second-order valence-corrected chi connectivity index (χ2v) is 13.8. The topological polar surface area (TPSA) is 103 Å². The van der Waals surface area contributed by atoms with Crippen LogP contribution in [0.25, 0.3) is 0 Å². The van der Waals surface area contributed by atoms with Crippen molar-refractivity contribution in [3.8, 4) is 5.75 Å². The number of methoxy groups -OCH3 is 1.